The van der Waals surface area contributed by atoms with Gasteiger partial charge in [0.1, 0.15) is 0 Å². The van der Waals surface area contributed by atoms with Gasteiger partial charge in [-0.15, -0.1) is 0 Å². The Labute approximate surface area is 108 Å². The average molecular weight is 247 g/mol. The van der Waals surface area contributed by atoms with E-state index in [9.17, 15) is 4.79 Å². The highest BCUT2D eigenvalue weighted by atomic mass is 16.2. The molecule has 1 amide bonds. The fourth-order valence-corrected chi connectivity index (χ4v) is 2.31. The topological polar surface area (TPSA) is 45.2 Å². The second-order valence-electron chi connectivity index (χ2n) is 5.48. The monoisotopic (exact) mass is 247 g/mol. The lowest BCUT2D eigenvalue weighted by molar-refractivity contribution is -0.133. The normalized spacial score (nSPS) is 18.7. The summed E-state index contributed by atoms with van der Waals surface area (Å²) in [5.74, 6) is 0.251. The van der Waals surface area contributed by atoms with Gasteiger partial charge in [-0.2, -0.15) is 0 Å². The molecule has 18 heavy (non-hydrogen) atoms. The predicted octanol–water partition coefficient (Wildman–Crippen LogP) is 1.22. The number of hydrogen-bond acceptors (Lipinski definition) is 3. The van der Waals surface area contributed by atoms with Crippen LogP contribution in [0.3, 0.4) is 0 Å². The van der Waals surface area contributed by atoms with Gasteiger partial charge in [0.25, 0.3) is 0 Å². The molecule has 0 radical (unpaired) electrons. The first-order valence-corrected chi connectivity index (χ1v) is 6.48. The van der Waals surface area contributed by atoms with E-state index >= 15 is 0 Å². The summed E-state index contributed by atoms with van der Waals surface area (Å²) < 4.78 is 0. The molecule has 0 atom stereocenters. The molecule has 1 aromatic rings. The van der Waals surface area contributed by atoms with Gasteiger partial charge >= 0.3 is 0 Å². The molecule has 0 bridgehead atoms. The van der Waals surface area contributed by atoms with E-state index in [0.717, 1.165) is 26.1 Å². The number of nitrogens with one attached hydrogen (secondary N) is 1. The van der Waals surface area contributed by atoms with Crippen molar-refractivity contribution in [2.75, 3.05) is 19.6 Å². The van der Waals surface area contributed by atoms with E-state index < -0.39 is 0 Å². The Hall–Kier alpha value is -1.42. The van der Waals surface area contributed by atoms with Crippen LogP contribution < -0.4 is 5.32 Å². The lowest BCUT2D eigenvalue weighted by atomic mass is 10.0. The van der Waals surface area contributed by atoms with Crippen LogP contribution in [0.1, 0.15) is 25.8 Å². The van der Waals surface area contributed by atoms with Gasteiger partial charge in [0.05, 0.1) is 0 Å². The first-order chi connectivity index (χ1) is 8.57. The lowest BCUT2D eigenvalue weighted by Gasteiger charge is -2.39. The highest BCUT2D eigenvalue weighted by molar-refractivity contribution is 5.76. The zero-order chi connectivity index (χ0) is 13.0. The van der Waals surface area contributed by atoms with E-state index in [1.165, 1.54) is 5.56 Å². The van der Waals surface area contributed by atoms with Crippen molar-refractivity contribution in [2.24, 2.45) is 0 Å². The van der Waals surface area contributed by atoms with Gasteiger partial charge in [0.2, 0.25) is 5.91 Å². The zero-order valence-electron chi connectivity index (χ0n) is 11.1. The molecule has 1 fully saturated rings. The minimum atomic E-state index is 0.0323. The Morgan fingerprint density at radius 1 is 1.44 bits per heavy atom. The van der Waals surface area contributed by atoms with E-state index in [1.807, 2.05) is 17.0 Å². The molecule has 0 spiro atoms. The number of aromatic nitrogens is 1. The van der Waals surface area contributed by atoms with Crippen molar-refractivity contribution in [1.82, 2.24) is 15.2 Å². The molecular weight excluding hydrogens is 226 g/mol. The summed E-state index contributed by atoms with van der Waals surface area (Å²) in [4.78, 5) is 18.1. The molecule has 0 saturated carbocycles. The summed E-state index contributed by atoms with van der Waals surface area (Å²) in [6, 6.07) is 3.93. The fourth-order valence-electron chi connectivity index (χ4n) is 2.31. The smallest absolute Gasteiger partial charge is 0.223 e. The van der Waals surface area contributed by atoms with Crippen LogP contribution in [0.4, 0.5) is 0 Å². The van der Waals surface area contributed by atoms with Crippen molar-refractivity contribution in [2.45, 2.75) is 32.2 Å². The van der Waals surface area contributed by atoms with E-state index in [-0.39, 0.29) is 11.4 Å². The summed E-state index contributed by atoms with van der Waals surface area (Å²) in [6.07, 6.45) is 4.92. The van der Waals surface area contributed by atoms with Gasteiger partial charge < -0.3 is 10.2 Å². The van der Waals surface area contributed by atoms with Crippen LogP contribution in [0.15, 0.2) is 24.5 Å². The van der Waals surface area contributed by atoms with Gasteiger partial charge in [-0.3, -0.25) is 9.78 Å². The lowest BCUT2D eigenvalue weighted by Crippen LogP contribution is -2.58. The maximum absolute atomic E-state index is 12.1. The SMILES string of the molecule is CC1(C)CN(C(=O)CCc2ccncc2)CCN1. The van der Waals surface area contributed by atoms with Crippen molar-refractivity contribution >= 4 is 5.91 Å². The summed E-state index contributed by atoms with van der Waals surface area (Å²) in [6.45, 7) is 6.76. The standard InChI is InChI=1S/C14H21N3O/c1-14(2)11-17(10-9-16-14)13(18)4-3-12-5-7-15-8-6-12/h5-8,16H,3-4,9-11H2,1-2H3. The van der Waals surface area contributed by atoms with Crippen molar-refractivity contribution < 1.29 is 4.79 Å². The van der Waals surface area contributed by atoms with Crippen molar-refractivity contribution in [1.29, 1.82) is 0 Å². The number of carbonyl (C=O) groups is 1. The molecule has 2 heterocycles. The average Bonchev–Trinajstić information content (AvgIpc) is 2.36. The van der Waals surface area contributed by atoms with Crippen molar-refractivity contribution in [3.63, 3.8) is 0 Å². The number of carbonyl (C=O) groups excluding carboxylic acids is 1. The number of pyridine rings is 1. The molecule has 1 N–H and O–H groups in total. The van der Waals surface area contributed by atoms with Crippen molar-refractivity contribution in [3.8, 4) is 0 Å². The molecule has 0 aromatic carbocycles. The maximum Gasteiger partial charge on any atom is 0.223 e. The highest BCUT2D eigenvalue weighted by Crippen LogP contribution is 2.12. The van der Waals surface area contributed by atoms with Gasteiger partial charge in [-0.1, -0.05) is 0 Å². The number of nitrogens with zero attached hydrogens (tertiary/aromatic N) is 2. The minimum Gasteiger partial charge on any atom is -0.340 e. The van der Waals surface area contributed by atoms with Gasteiger partial charge in [-0.05, 0) is 38.0 Å². The third-order valence-corrected chi connectivity index (χ3v) is 3.30. The number of piperazine rings is 1. The van der Waals surface area contributed by atoms with Crippen LogP contribution >= 0.6 is 0 Å². The molecule has 1 aliphatic heterocycles. The Bertz CT molecular complexity index is 403. The number of rotatable bonds is 3. The van der Waals surface area contributed by atoms with Gasteiger partial charge in [0, 0.05) is 44.0 Å². The van der Waals surface area contributed by atoms with Gasteiger partial charge in [-0.25, -0.2) is 0 Å². The van der Waals surface area contributed by atoms with Crippen molar-refractivity contribution in [3.05, 3.63) is 30.1 Å². The second-order valence-corrected chi connectivity index (χ2v) is 5.48. The van der Waals surface area contributed by atoms with E-state index in [1.54, 1.807) is 12.4 Å². The van der Waals surface area contributed by atoms with E-state index in [4.69, 9.17) is 0 Å². The molecule has 0 unspecified atom stereocenters. The molecule has 4 heteroatoms. The summed E-state index contributed by atoms with van der Waals surface area (Å²) in [7, 11) is 0. The predicted molar refractivity (Wildman–Crippen MR) is 71.2 cm³/mol. The molecule has 4 nitrogen and oxygen atoms in total. The summed E-state index contributed by atoms with van der Waals surface area (Å²) in [5.41, 5.74) is 1.21. The third kappa shape index (κ3) is 3.53. The minimum absolute atomic E-state index is 0.0323. The first-order valence-electron chi connectivity index (χ1n) is 6.48. The molecule has 1 aromatic heterocycles. The third-order valence-electron chi connectivity index (χ3n) is 3.30. The van der Waals surface area contributed by atoms with Crippen LogP contribution in [-0.2, 0) is 11.2 Å². The van der Waals surface area contributed by atoms with Crippen LogP contribution in [0.25, 0.3) is 0 Å². The second kappa shape index (κ2) is 5.48. The number of aryl methyl sites for hydroxylation is 1. The Kier molecular flexibility index (Phi) is 3.97. The summed E-state index contributed by atoms with van der Waals surface area (Å²) >= 11 is 0. The summed E-state index contributed by atoms with van der Waals surface area (Å²) in [5, 5.41) is 3.41. The zero-order valence-corrected chi connectivity index (χ0v) is 11.1. The quantitative estimate of drug-likeness (QED) is 0.873. The molecule has 1 aliphatic rings. The molecule has 0 aliphatic carbocycles. The first kappa shape index (κ1) is 13.0. The van der Waals surface area contributed by atoms with Crippen LogP contribution in [0.2, 0.25) is 0 Å². The molecular formula is C14H21N3O. The Morgan fingerprint density at radius 2 is 2.17 bits per heavy atom. The van der Waals surface area contributed by atoms with Crippen LogP contribution in [-0.4, -0.2) is 41.0 Å². The van der Waals surface area contributed by atoms with Crippen LogP contribution in [0, 0.1) is 0 Å². The highest BCUT2D eigenvalue weighted by Gasteiger charge is 2.28. The molecule has 2 rings (SSSR count). The Morgan fingerprint density at radius 3 is 2.83 bits per heavy atom. The number of hydrogen-bond donors (Lipinski definition) is 1. The van der Waals surface area contributed by atoms with Gasteiger partial charge in [0.15, 0.2) is 0 Å². The van der Waals surface area contributed by atoms with E-state index in [0.29, 0.717) is 6.42 Å². The van der Waals surface area contributed by atoms with E-state index in [2.05, 4.69) is 24.1 Å². The Balaban J connectivity index is 1.85. The largest absolute Gasteiger partial charge is 0.340 e. The fraction of sp³-hybridized carbons (Fsp3) is 0.571. The maximum atomic E-state index is 12.1. The number of amides is 1. The van der Waals surface area contributed by atoms with Crippen LogP contribution in [0.5, 0.6) is 0 Å². The molecule has 98 valence electrons. The molecule has 1 saturated heterocycles.